The number of carbonyl (C=O) groups is 1. The predicted molar refractivity (Wildman–Crippen MR) is 120 cm³/mol. The molecule has 0 N–H and O–H groups in total. The van der Waals surface area contributed by atoms with Crippen LogP contribution >= 0.6 is 11.6 Å². The monoisotopic (exact) mass is 430 g/mol. The van der Waals surface area contributed by atoms with E-state index in [1.54, 1.807) is 31.2 Å². The third-order valence-corrected chi connectivity index (χ3v) is 4.81. The number of hydrogen-bond donors (Lipinski definition) is 0. The number of rotatable bonds is 6. The summed E-state index contributed by atoms with van der Waals surface area (Å²) in [7, 11) is 0. The molecule has 0 aliphatic carbocycles. The summed E-state index contributed by atoms with van der Waals surface area (Å²) in [6.45, 7) is 1.98. The lowest BCUT2D eigenvalue weighted by Crippen LogP contribution is -2.12. The van der Waals surface area contributed by atoms with Gasteiger partial charge in [0.15, 0.2) is 0 Å². The van der Waals surface area contributed by atoms with Gasteiger partial charge in [0.1, 0.15) is 17.0 Å². The van der Waals surface area contributed by atoms with Gasteiger partial charge in [-0.2, -0.15) is 0 Å². The molecule has 0 aliphatic rings. The summed E-state index contributed by atoms with van der Waals surface area (Å²) in [4.78, 5) is 13.1. The zero-order valence-electron chi connectivity index (χ0n) is 16.8. The molecule has 0 saturated carbocycles. The summed E-state index contributed by atoms with van der Waals surface area (Å²) in [6.07, 6.45) is 0. The van der Waals surface area contributed by atoms with Gasteiger partial charge < -0.3 is 9.47 Å². The molecule has 4 aromatic rings. The number of nitrogens with zero attached hydrogens (tertiary/aromatic N) is 2. The van der Waals surface area contributed by atoms with Gasteiger partial charge in [-0.3, -0.25) is 0 Å². The highest BCUT2D eigenvalue weighted by Gasteiger charge is 2.27. The first kappa shape index (κ1) is 20.6. The molecule has 6 heteroatoms. The lowest BCUT2D eigenvalue weighted by atomic mass is 9.95. The van der Waals surface area contributed by atoms with Crippen molar-refractivity contribution in [3.8, 4) is 34.0 Å². The Labute approximate surface area is 185 Å². The Morgan fingerprint density at radius 3 is 2.06 bits per heavy atom. The molecular formula is C25H19ClN2O3. The van der Waals surface area contributed by atoms with Crippen LogP contribution in [-0.2, 0) is 4.74 Å². The number of halogens is 1. The SMILES string of the molecule is CCOC(=O)c1c(Oc2ccc(Cl)cc2)nnc(-c2ccccc2)c1-c1ccccc1. The van der Waals surface area contributed by atoms with Gasteiger partial charge in [0, 0.05) is 16.1 Å². The van der Waals surface area contributed by atoms with Crippen molar-refractivity contribution in [1.29, 1.82) is 0 Å². The van der Waals surface area contributed by atoms with Crippen molar-refractivity contribution in [2.75, 3.05) is 6.61 Å². The maximum Gasteiger partial charge on any atom is 0.344 e. The molecule has 0 spiro atoms. The van der Waals surface area contributed by atoms with Crippen LogP contribution in [0.2, 0.25) is 5.02 Å². The number of hydrogen-bond acceptors (Lipinski definition) is 5. The zero-order chi connectivity index (χ0) is 21.6. The van der Waals surface area contributed by atoms with Crippen LogP contribution in [0.15, 0.2) is 84.9 Å². The molecule has 0 aliphatic heterocycles. The van der Waals surface area contributed by atoms with Crippen LogP contribution in [0.5, 0.6) is 11.6 Å². The van der Waals surface area contributed by atoms with Gasteiger partial charge in [-0.1, -0.05) is 72.3 Å². The van der Waals surface area contributed by atoms with E-state index in [4.69, 9.17) is 21.1 Å². The largest absolute Gasteiger partial charge is 0.462 e. The van der Waals surface area contributed by atoms with E-state index >= 15 is 0 Å². The lowest BCUT2D eigenvalue weighted by Gasteiger charge is -2.16. The molecule has 5 nitrogen and oxygen atoms in total. The second-order valence-electron chi connectivity index (χ2n) is 6.61. The average molecular weight is 431 g/mol. The van der Waals surface area contributed by atoms with E-state index in [1.807, 2.05) is 60.7 Å². The highest BCUT2D eigenvalue weighted by Crippen LogP contribution is 2.38. The molecule has 0 atom stereocenters. The van der Waals surface area contributed by atoms with Crippen LogP contribution in [0.25, 0.3) is 22.4 Å². The van der Waals surface area contributed by atoms with E-state index in [0.717, 1.165) is 11.1 Å². The summed E-state index contributed by atoms with van der Waals surface area (Å²) in [5.41, 5.74) is 3.03. The highest BCUT2D eigenvalue weighted by atomic mass is 35.5. The molecule has 154 valence electrons. The molecule has 3 aromatic carbocycles. The standard InChI is InChI=1S/C25H19ClN2O3/c1-2-30-25(29)22-21(17-9-5-3-6-10-17)23(18-11-7-4-8-12-18)27-28-24(22)31-20-15-13-19(26)14-16-20/h3-16H,2H2,1H3. The Balaban J connectivity index is 1.96. The zero-order valence-corrected chi connectivity index (χ0v) is 17.5. The van der Waals surface area contributed by atoms with Crippen molar-refractivity contribution in [1.82, 2.24) is 10.2 Å². The molecule has 1 heterocycles. The van der Waals surface area contributed by atoms with E-state index in [2.05, 4.69) is 10.2 Å². The topological polar surface area (TPSA) is 61.3 Å². The summed E-state index contributed by atoms with van der Waals surface area (Å²) in [5, 5.41) is 9.27. The number of carbonyl (C=O) groups excluding carboxylic acids is 1. The fourth-order valence-electron chi connectivity index (χ4n) is 3.18. The fourth-order valence-corrected chi connectivity index (χ4v) is 3.31. The number of esters is 1. The van der Waals surface area contributed by atoms with E-state index < -0.39 is 5.97 Å². The van der Waals surface area contributed by atoms with E-state index in [1.165, 1.54) is 0 Å². The molecule has 0 bridgehead atoms. The Kier molecular flexibility index (Phi) is 6.24. The van der Waals surface area contributed by atoms with Gasteiger partial charge in [-0.05, 0) is 36.8 Å². The van der Waals surface area contributed by atoms with Gasteiger partial charge in [0.05, 0.1) is 6.61 Å². The van der Waals surface area contributed by atoms with Gasteiger partial charge in [-0.25, -0.2) is 4.79 Å². The van der Waals surface area contributed by atoms with Gasteiger partial charge in [-0.15, -0.1) is 10.2 Å². The van der Waals surface area contributed by atoms with Crippen molar-refractivity contribution in [2.24, 2.45) is 0 Å². The van der Waals surface area contributed by atoms with E-state index in [0.29, 0.717) is 22.0 Å². The number of aromatic nitrogens is 2. The molecular weight excluding hydrogens is 412 g/mol. The maximum atomic E-state index is 13.1. The minimum Gasteiger partial charge on any atom is -0.462 e. The Morgan fingerprint density at radius 1 is 0.839 bits per heavy atom. The van der Waals surface area contributed by atoms with E-state index in [9.17, 15) is 4.79 Å². The molecule has 1 aromatic heterocycles. The Hall–Kier alpha value is -3.70. The van der Waals surface area contributed by atoms with Crippen molar-refractivity contribution in [2.45, 2.75) is 6.92 Å². The molecule has 31 heavy (non-hydrogen) atoms. The minimum absolute atomic E-state index is 0.0688. The molecule has 0 unspecified atom stereocenters. The van der Waals surface area contributed by atoms with Crippen molar-refractivity contribution >= 4 is 17.6 Å². The second-order valence-corrected chi connectivity index (χ2v) is 7.05. The fraction of sp³-hybridized carbons (Fsp3) is 0.0800. The molecule has 0 radical (unpaired) electrons. The van der Waals surface area contributed by atoms with Crippen LogP contribution in [0.3, 0.4) is 0 Å². The quantitative estimate of drug-likeness (QED) is 0.330. The average Bonchev–Trinajstić information content (AvgIpc) is 2.81. The summed E-state index contributed by atoms with van der Waals surface area (Å²) < 4.78 is 11.3. The van der Waals surface area contributed by atoms with Crippen LogP contribution in [0.1, 0.15) is 17.3 Å². The molecule has 4 rings (SSSR count). The third kappa shape index (κ3) is 4.57. The summed E-state index contributed by atoms with van der Waals surface area (Å²) in [6, 6.07) is 25.9. The first-order chi connectivity index (χ1) is 15.2. The smallest absolute Gasteiger partial charge is 0.344 e. The first-order valence-corrected chi connectivity index (χ1v) is 10.2. The van der Waals surface area contributed by atoms with Crippen LogP contribution in [0, 0.1) is 0 Å². The maximum absolute atomic E-state index is 13.1. The van der Waals surface area contributed by atoms with Crippen LogP contribution in [0.4, 0.5) is 0 Å². The Morgan fingerprint density at radius 2 is 1.45 bits per heavy atom. The minimum atomic E-state index is -0.530. The van der Waals surface area contributed by atoms with Crippen molar-refractivity contribution in [3.05, 3.63) is 95.5 Å². The number of ether oxygens (including phenoxy) is 2. The van der Waals surface area contributed by atoms with E-state index in [-0.39, 0.29) is 18.1 Å². The van der Waals surface area contributed by atoms with Crippen molar-refractivity contribution < 1.29 is 14.3 Å². The Bertz CT molecular complexity index is 1180. The molecule has 0 saturated heterocycles. The number of benzene rings is 3. The van der Waals surface area contributed by atoms with Gasteiger partial charge in [0.2, 0.25) is 0 Å². The van der Waals surface area contributed by atoms with Crippen LogP contribution in [-0.4, -0.2) is 22.8 Å². The highest BCUT2D eigenvalue weighted by molar-refractivity contribution is 6.30. The predicted octanol–water partition coefficient (Wildman–Crippen LogP) is 6.43. The van der Waals surface area contributed by atoms with Gasteiger partial charge in [0.25, 0.3) is 5.88 Å². The van der Waals surface area contributed by atoms with Crippen molar-refractivity contribution in [3.63, 3.8) is 0 Å². The third-order valence-electron chi connectivity index (χ3n) is 4.56. The van der Waals surface area contributed by atoms with Crippen LogP contribution < -0.4 is 4.74 Å². The molecule has 0 fully saturated rings. The first-order valence-electron chi connectivity index (χ1n) is 9.79. The lowest BCUT2D eigenvalue weighted by molar-refractivity contribution is 0.0523. The summed E-state index contributed by atoms with van der Waals surface area (Å²) >= 11 is 5.97. The summed E-state index contributed by atoms with van der Waals surface area (Å²) in [5.74, 6) is 0.0208. The van der Waals surface area contributed by atoms with Gasteiger partial charge >= 0.3 is 5.97 Å². The molecule has 0 amide bonds. The second kappa shape index (κ2) is 9.41. The normalized spacial score (nSPS) is 10.5.